The molecule has 0 amide bonds. The van der Waals surface area contributed by atoms with Gasteiger partial charge in [-0.2, -0.15) is 0 Å². The van der Waals surface area contributed by atoms with Gasteiger partial charge >= 0.3 is 5.97 Å². The zero-order valence-electron chi connectivity index (χ0n) is 19.3. The Morgan fingerprint density at radius 2 is 1.97 bits per heavy atom. The SMILES string of the molecule is CCOC(=O)C1=C(C)N=c2s/c(=C\c3ccc(O)c(Br)c3)c(=O)n2C1c1ccc(C(C)C)cc1. The van der Waals surface area contributed by atoms with E-state index in [0.29, 0.717) is 31.0 Å². The molecular weight excluding hydrogens is 516 g/mol. The molecule has 1 aliphatic rings. The van der Waals surface area contributed by atoms with Crippen molar-refractivity contribution in [2.24, 2.45) is 4.99 Å². The number of carbonyl (C=O) groups is 1. The van der Waals surface area contributed by atoms with E-state index in [1.165, 1.54) is 16.9 Å². The number of ether oxygens (including phenoxy) is 1. The molecule has 8 heteroatoms. The number of fused-ring (bicyclic) bond motifs is 1. The van der Waals surface area contributed by atoms with E-state index in [-0.39, 0.29) is 17.9 Å². The van der Waals surface area contributed by atoms with Crippen LogP contribution < -0.4 is 14.9 Å². The molecule has 176 valence electrons. The van der Waals surface area contributed by atoms with Crippen LogP contribution in [0.15, 0.2) is 68.0 Å². The monoisotopic (exact) mass is 540 g/mol. The summed E-state index contributed by atoms with van der Waals surface area (Å²) in [6, 6.07) is 12.4. The van der Waals surface area contributed by atoms with Crippen molar-refractivity contribution in [3.8, 4) is 5.75 Å². The standard InChI is InChI=1S/C26H25BrN2O4S/c1-5-33-25(32)22-15(4)28-26-29(23(22)18-9-7-17(8-10-18)14(2)3)24(31)21(34-26)13-16-6-11-20(30)19(27)12-16/h6-14,23,30H,5H2,1-4H3/b21-13-. The summed E-state index contributed by atoms with van der Waals surface area (Å²) in [6.07, 6.45) is 1.76. The van der Waals surface area contributed by atoms with E-state index in [1.54, 1.807) is 42.7 Å². The first-order chi connectivity index (χ1) is 16.2. The maximum atomic E-state index is 13.6. The van der Waals surface area contributed by atoms with Gasteiger partial charge in [0, 0.05) is 0 Å². The van der Waals surface area contributed by atoms with Crippen molar-refractivity contribution in [3.63, 3.8) is 0 Å². The first-order valence-corrected chi connectivity index (χ1v) is 12.6. The van der Waals surface area contributed by atoms with Crippen molar-refractivity contribution in [2.45, 2.75) is 39.7 Å². The number of nitrogens with zero attached hydrogens (tertiary/aromatic N) is 2. The van der Waals surface area contributed by atoms with Gasteiger partial charge in [0.2, 0.25) is 0 Å². The molecule has 3 aromatic rings. The van der Waals surface area contributed by atoms with E-state index in [1.807, 2.05) is 24.3 Å². The first kappa shape index (κ1) is 24.2. The summed E-state index contributed by atoms with van der Waals surface area (Å²) in [7, 11) is 0. The zero-order valence-corrected chi connectivity index (χ0v) is 21.7. The van der Waals surface area contributed by atoms with Crippen LogP contribution in [-0.2, 0) is 9.53 Å². The lowest BCUT2D eigenvalue weighted by Crippen LogP contribution is -2.39. The van der Waals surface area contributed by atoms with Gasteiger partial charge in [-0.1, -0.05) is 55.5 Å². The number of hydrogen-bond donors (Lipinski definition) is 1. The van der Waals surface area contributed by atoms with Crippen molar-refractivity contribution in [3.05, 3.63) is 94.6 Å². The number of phenols is 1. The third kappa shape index (κ3) is 4.52. The maximum Gasteiger partial charge on any atom is 0.338 e. The number of halogens is 1. The molecule has 0 fully saturated rings. The van der Waals surface area contributed by atoms with Crippen LogP contribution in [0.4, 0.5) is 0 Å². The second-order valence-corrected chi connectivity index (χ2v) is 10.2. The number of phenolic OH excluding ortho intramolecular Hbond substituents is 1. The van der Waals surface area contributed by atoms with Crippen LogP contribution >= 0.6 is 27.3 Å². The molecule has 0 saturated heterocycles. The lowest BCUT2D eigenvalue weighted by Gasteiger charge is -2.25. The Kier molecular flexibility index (Phi) is 6.91. The summed E-state index contributed by atoms with van der Waals surface area (Å²) < 4.78 is 7.94. The zero-order chi connectivity index (χ0) is 24.6. The second kappa shape index (κ2) is 9.72. The third-order valence-corrected chi connectivity index (χ3v) is 7.32. The molecule has 4 rings (SSSR count). The highest BCUT2D eigenvalue weighted by molar-refractivity contribution is 9.10. The average Bonchev–Trinajstić information content (AvgIpc) is 3.10. The summed E-state index contributed by atoms with van der Waals surface area (Å²) in [5.41, 5.74) is 3.42. The number of allylic oxidation sites excluding steroid dienone is 1. The van der Waals surface area contributed by atoms with E-state index in [2.05, 4.69) is 34.8 Å². The highest BCUT2D eigenvalue weighted by Crippen LogP contribution is 2.31. The summed E-state index contributed by atoms with van der Waals surface area (Å²) in [5.74, 6) is 0.0130. The quantitative estimate of drug-likeness (QED) is 0.486. The molecular formula is C26H25BrN2O4S. The van der Waals surface area contributed by atoms with Crippen molar-refractivity contribution >= 4 is 39.3 Å². The van der Waals surface area contributed by atoms with E-state index in [4.69, 9.17) is 4.74 Å². The molecule has 0 bridgehead atoms. The fraction of sp³-hybridized carbons (Fsp3) is 0.269. The normalized spacial score (nSPS) is 15.9. The van der Waals surface area contributed by atoms with Crippen LogP contribution in [0.25, 0.3) is 6.08 Å². The van der Waals surface area contributed by atoms with Crippen LogP contribution in [0.2, 0.25) is 0 Å². The largest absolute Gasteiger partial charge is 0.507 e. The Morgan fingerprint density at radius 1 is 1.26 bits per heavy atom. The molecule has 34 heavy (non-hydrogen) atoms. The van der Waals surface area contributed by atoms with Gasteiger partial charge in [0.25, 0.3) is 5.56 Å². The maximum absolute atomic E-state index is 13.6. The molecule has 1 unspecified atom stereocenters. The molecule has 0 radical (unpaired) electrons. The van der Waals surface area contributed by atoms with Gasteiger partial charge in [0.05, 0.1) is 32.9 Å². The van der Waals surface area contributed by atoms with Crippen LogP contribution in [-0.4, -0.2) is 22.2 Å². The number of rotatable bonds is 5. The smallest absolute Gasteiger partial charge is 0.338 e. The van der Waals surface area contributed by atoms with Crippen molar-refractivity contribution < 1.29 is 14.6 Å². The number of hydrogen-bond acceptors (Lipinski definition) is 6. The molecule has 1 aliphatic heterocycles. The molecule has 2 aromatic carbocycles. The molecule has 1 atom stereocenters. The molecule has 0 aliphatic carbocycles. The Balaban J connectivity index is 1.93. The highest BCUT2D eigenvalue weighted by Gasteiger charge is 2.33. The third-order valence-electron chi connectivity index (χ3n) is 5.71. The summed E-state index contributed by atoms with van der Waals surface area (Å²) in [6.45, 7) is 8.00. The molecule has 2 heterocycles. The predicted molar refractivity (Wildman–Crippen MR) is 137 cm³/mol. The topological polar surface area (TPSA) is 80.9 Å². The molecule has 0 spiro atoms. The Labute approximate surface area is 209 Å². The van der Waals surface area contributed by atoms with E-state index >= 15 is 0 Å². The number of aromatic nitrogens is 1. The van der Waals surface area contributed by atoms with Crippen LogP contribution in [0, 0.1) is 0 Å². The number of esters is 1. The van der Waals surface area contributed by atoms with Crippen molar-refractivity contribution in [1.82, 2.24) is 4.57 Å². The molecule has 0 saturated carbocycles. The molecule has 6 nitrogen and oxygen atoms in total. The first-order valence-electron chi connectivity index (χ1n) is 11.0. The number of carbonyl (C=O) groups excluding carboxylic acids is 1. The molecule has 1 N–H and O–H groups in total. The minimum atomic E-state index is -0.634. The Hall–Kier alpha value is -2.97. The van der Waals surface area contributed by atoms with Gasteiger partial charge in [-0.3, -0.25) is 9.36 Å². The number of benzene rings is 2. The minimum Gasteiger partial charge on any atom is -0.507 e. The lowest BCUT2D eigenvalue weighted by molar-refractivity contribution is -0.139. The van der Waals surface area contributed by atoms with Gasteiger partial charge in [0.15, 0.2) is 4.80 Å². The lowest BCUT2D eigenvalue weighted by atomic mass is 9.93. The second-order valence-electron chi connectivity index (χ2n) is 8.33. The number of aromatic hydroxyl groups is 1. The van der Waals surface area contributed by atoms with E-state index in [9.17, 15) is 14.7 Å². The predicted octanol–water partition coefficient (Wildman–Crippen LogP) is 4.39. The van der Waals surface area contributed by atoms with Crippen molar-refractivity contribution in [2.75, 3.05) is 6.61 Å². The van der Waals surface area contributed by atoms with E-state index in [0.717, 1.165) is 11.1 Å². The summed E-state index contributed by atoms with van der Waals surface area (Å²) in [5, 5.41) is 9.78. The van der Waals surface area contributed by atoms with Gasteiger partial charge in [0.1, 0.15) is 5.75 Å². The van der Waals surface area contributed by atoms with Crippen LogP contribution in [0.1, 0.15) is 56.3 Å². The fourth-order valence-electron chi connectivity index (χ4n) is 3.93. The minimum absolute atomic E-state index is 0.123. The van der Waals surface area contributed by atoms with Gasteiger partial charge in [-0.15, -0.1) is 0 Å². The van der Waals surface area contributed by atoms with Gasteiger partial charge in [-0.05, 0) is 70.6 Å². The summed E-state index contributed by atoms with van der Waals surface area (Å²) >= 11 is 4.58. The van der Waals surface area contributed by atoms with Crippen molar-refractivity contribution in [1.29, 1.82) is 0 Å². The van der Waals surface area contributed by atoms with Gasteiger partial charge < -0.3 is 9.84 Å². The Bertz CT molecular complexity index is 1470. The average molecular weight is 541 g/mol. The molecule has 1 aromatic heterocycles. The van der Waals surface area contributed by atoms with Gasteiger partial charge in [-0.25, -0.2) is 9.79 Å². The van der Waals surface area contributed by atoms with Crippen LogP contribution in [0.3, 0.4) is 0 Å². The van der Waals surface area contributed by atoms with Crippen LogP contribution in [0.5, 0.6) is 5.75 Å². The summed E-state index contributed by atoms with van der Waals surface area (Å²) in [4.78, 5) is 31.7. The number of thiazole rings is 1. The Morgan fingerprint density at radius 3 is 2.59 bits per heavy atom. The highest BCUT2D eigenvalue weighted by atomic mass is 79.9. The van der Waals surface area contributed by atoms with E-state index < -0.39 is 12.0 Å². The fourth-order valence-corrected chi connectivity index (χ4v) is 5.38.